The van der Waals surface area contributed by atoms with Crippen molar-refractivity contribution in [1.82, 2.24) is 15.4 Å². The second-order valence-electron chi connectivity index (χ2n) is 6.87. The first-order valence-corrected chi connectivity index (χ1v) is 11.2. The van der Waals surface area contributed by atoms with Crippen LogP contribution in [0.2, 0.25) is 0 Å². The SMILES string of the molecule is CNC(=O)c1ccc(SCCN2CCC(c3noc4cc(F)ccc34)CC2)s1. The average molecular weight is 420 g/mol. The first-order chi connectivity index (χ1) is 13.6. The first-order valence-electron chi connectivity index (χ1n) is 9.36. The molecule has 28 heavy (non-hydrogen) atoms. The fraction of sp³-hybridized carbons (Fsp3) is 0.400. The lowest BCUT2D eigenvalue weighted by Crippen LogP contribution is -2.34. The van der Waals surface area contributed by atoms with Crippen LogP contribution in [0.15, 0.2) is 39.1 Å². The van der Waals surface area contributed by atoms with Crippen LogP contribution in [0.4, 0.5) is 4.39 Å². The number of amides is 1. The number of likely N-dealkylation sites (tertiary alicyclic amines) is 1. The number of benzene rings is 1. The van der Waals surface area contributed by atoms with Gasteiger partial charge in [-0.05, 0) is 50.2 Å². The van der Waals surface area contributed by atoms with Crippen LogP contribution in [0.1, 0.15) is 34.1 Å². The number of carbonyl (C=O) groups excluding carboxylic acids is 1. The van der Waals surface area contributed by atoms with E-state index in [1.165, 1.54) is 27.7 Å². The lowest BCUT2D eigenvalue weighted by atomic mass is 9.91. The van der Waals surface area contributed by atoms with Crippen LogP contribution < -0.4 is 5.32 Å². The number of thioether (sulfide) groups is 1. The van der Waals surface area contributed by atoms with Crippen molar-refractivity contribution in [2.75, 3.05) is 32.4 Å². The molecule has 148 valence electrons. The van der Waals surface area contributed by atoms with Crippen molar-refractivity contribution < 1.29 is 13.7 Å². The number of rotatable bonds is 6. The molecule has 4 rings (SSSR count). The van der Waals surface area contributed by atoms with E-state index in [2.05, 4.69) is 15.4 Å². The summed E-state index contributed by atoms with van der Waals surface area (Å²) in [4.78, 5) is 14.9. The zero-order valence-corrected chi connectivity index (χ0v) is 17.2. The first kappa shape index (κ1) is 19.4. The summed E-state index contributed by atoms with van der Waals surface area (Å²) in [6, 6.07) is 8.54. The van der Waals surface area contributed by atoms with Crippen LogP contribution in [0.5, 0.6) is 0 Å². The smallest absolute Gasteiger partial charge is 0.261 e. The van der Waals surface area contributed by atoms with Gasteiger partial charge in [-0.15, -0.1) is 23.1 Å². The Bertz CT molecular complexity index is 963. The van der Waals surface area contributed by atoms with Crippen molar-refractivity contribution in [3.8, 4) is 0 Å². The van der Waals surface area contributed by atoms with Gasteiger partial charge >= 0.3 is 0 Å². The minimum Gasteiger partial charge on any atom is -0.356 e. The largest absolute Gasteiger partial charge is 0.356 e. The third-order valence-corrected chi connectivity index (χ3v) is 7.41. The van der Waals surface area contributed by atoms with Gasteiger partial charge < -0.3 is 14.7 Å². The van der Waals surface area contributed by atoms with Gasteiger partial charge in [0.15, 0.2) is 5.58 Å². The molecule has 0 atom stereocenters. The highest BCUT2D eigenvalue weighted by Gasteiger charge is 2.25. The molecule has 2 aromatic heterocycles. The molecule has 1 fully saturated rings. The Morgan fingerprint density at radius 1 is 1.36 bits per heavy atom. The van der Waals surface area contributed by atoms with Crippen LogP contribution in [-0.4, -0.2) is 48.4 Å². The van der Waals surface area contributed by atoms with E-state index >= 15 is 0 Å². The molecule has 5 nitrogen and oxygen atoms in total. The Morgan fingerprint density at radius 2 is 2.18 bits per heavy atom. The standard InChI is InChI=1S/C20H22FN3O2S2/c1-22-20(25)17-4-5-18(28-17)27-11-10-24-8-6-13(7-9-24)19-15-3-2-14(21)12-16(15)26-23-19/h2-5,12-13H,6-11H2,1H3,(H,22,25). The van der Waals surface area contributed by atoms with Crippen LogP contribution in [0, 0.1) is 5.82 Å². The fourth-order valence-corrected chi connectivity index (χ4v) is 5.73. The summed E-state index contributed by atoms with van der Waals surface area (Å²) in [6.07, 6.45) is 2.06. The van der Waals surface area contributed by atoms with Gasteiger partial charge in [-0.3, -0.25) is 4.79 Å². The van der Waals surface area contributed by atoms with E-state index in [1.54, 1.807) is 24.9 Å². The van der Waals surface area contributed by atoms with E-state index in [4.69, 9.17) is 4.52 Å². The third kappa shape index (κ3) is 4.24. The Labute approximate surface area is 171 Å². The van der Waals surface area contributed by atoms with Crippen molar-refractivity contribution in [1.29, 1.82) is 0 Å². The Hall–Kier alpha value is -1.90. The maximum Gasteiger partial charge on any atom is 0.261 e. The molecular weight excluding hydrogens is 397 g/mol. The summed E-state index contributed by atoms with van der Waals surface area (Å²) in [7, 11) is 1.65. The second kappa shape index (κ2) is 8.63. The monoisotopic (exact) mass is 419 g/mol. The zero-order valence-electron chi connectivity index (χ0n) is 15.6. The summed E-state index contributed by atoms with van der Waals surface area (Å²) < 4.78 is 19.8. The molecule has 3 heterocycles. The van der Waals surface area contributed by atoms with E-state index < -0.39 is 0 Å². The Balaban J connectivity index is 1.26. The predicted molar refractivity (Wildman–Crippen MR) is 111 cm³/mol. The summed E-state index contributed by atoms with van der Waals surface area (Å²) in [6.45, 7) is 3.07. The summed E-state index contributed by atoms with van der Waals surface area (Å²) in [5, 5.41) is 7.80. The van der Waals surface area contributed by atoms with Crippen molar-refractivity contribution >= 4 is 40.0 Å². The normalized spacial score (nSPS) is 15.9. The van der Waals surface area contributed by atoms with Gasteiger partial charge in [0.2, 0.25) is 0 Å². The summed E-state index contributed by atoms with van der Waals surface area (Å²) >= 11 is 3.34. The second-order valence-corrected chi connectivity index (χ2v) is 9.35. The van der Waals surface area contributed by atoms with Gasteiger partial charge in [-0.1, -0.05) is 5.16 Å². The maximum absolute atomic E-state index is 13.3. The topological polar surface area (TPSA) is 58.4 Å². The van der Waals surface area contributed by atoms with E-state index in [1.807, 2.05) is 12.1 Å². The number of piperidine rings is 1. The number of thiophene rings is 1. The molecule has 1 saturated heterocycles. The number of carbonyl (C=O) groups is 1. The molecule has 1 aliphatic heterocycles. The predicted octanol–water partition coefficient (Wildman–Crippen LogP) is 4.36. The van der Waals surface area contributed by atoms with Crippen LogP contribution in [-0.2, 0) is 0 Å². The lowest BCUT2D eigenvalue weighted by Gasteiger charge is -2.30. The Morgan fingerprint density at radius 3 is 2.96 bits per heavy atom. The molecule has 3 aromatic rings. The molecule has 1 aliphatic rings. The minimum atomic E-state index is -0.296. The lowest BCUT2D eigenvalue weighted by molar-refractivity contribution is 0.0967. The van der Waals surface area contributed by atoms with Gasteiger partial charge in [-0.2, -0.15) is 0 Å². The summed E-state index contributed by atoms with van der Waals surface area (Å²) in [5.41, 5.74) is 1.49. The molecule has 0 saturated carbocycles. The highest BCUT2D eigenvalue weighted by molar-refractivity contribution is 8.01. The number of fused-ring (bicyclic) bond motifs is 1. The number of nitrogens with one attached hydrogen (secondary N) is 1. The number of hydrogen-bond donors (Lipinski definition) is 1. The Kier molecular flexibility index (Phi) is 5.99. The van der Waals surface area contributed by atoms with Gasteiger partial charge in [-0.25, -0.2) is 4.39 Å². The van der Waals surface area contributed by atoms with E-state index in [0.717, 1.165) is 54.2 Å². The molecule has 1 amide bonds. The quantitative estimate of drug-likeness (QED) is 0.602. The van der Waals surface area contributed by atoms with Gasteiger partial charge in [0.05, 0.1) is 14.8 Å². The number of halogens is 1. The number of aromatic nitrogens is 1. The average Bonchev–Trinajstić information content (AvgIpc) is 3.35. The van der Waals surface area contributed by atoms with Crippen molar-refractivity contribution in [2.45, 2.75) is 23.0 Å². The molecule has 0 bridgehead atoms. The molecule has 0 aliphatic carbocycles. The summed E-state index contributed by atoms with van der Waals surface area (Å²) in [5.74, 6) is 1.05. The highest BCUT2D eigenvalue weighted by atomic mass is 32.2. The van der Waals surface area contributed by atoms with E-state index in [9.17, 15) is 9.18 Å². The molecule has 8 heteroatoms. The maximum atomic E-state index is 13.3. The molecular formula is C20H22FN3O2S2. The molecule has 0 unspecified atom stereocenters. The third-order valence-electron chi connectivity index (χ3n) is 5.12. The van der Waals surface area contributed by atoms with E-state index in [0.29, 0.717) is 11.5 Å². The van der Waals surface area contributed by atoms with Gasteiger partial charge in [0, 0.05) is 36.7 Å². The molecule has 1 aromatic carbocycles. The number of nitrogens with zero attached hydrogens (tertiary/aromatic N) is 2. The van der Waals surface area contributed by atoms with Gasteiger partial charge in [0.25, 0.3) is 5.91 Å². The van der Waals surface area contributed by atoms with Crippen LogP contribution in [0.3, 0.4) is 0 Å². The number of hydrogen-bond acceptors (Lipinski definition) is 6. The van der Waals surface area contributed by atoms with Gasteiger partial charge in [0.1, 0.15) is 5.82 Å². The zero-order chi connectivity index (χ0) is 19.5. The van der Waals surface area contributed by atoms with Crippen LogP contribution >= 0.6 is 23.1 Å². The van der Waals surface area contributed by atoms with E-state index in [-0.39, 0.29) is 11.7 Å². The van der Waals surface area contributed by atoms with Crippen molar-refractivity contribution in [3.63, 3.8) is 0 Å². The van der Waals surface area contributed by atoms with Crippen molar-refractivity contribution in [3.05, 3.63) is 46.7 Å². The highest BCUT2D eigenvalue weighted by Crippen LogP contribution is 2.33. The molecule has 0 radical (unpaired) electrons. The van der Waals surface area contributed by atoms with Crippen LogP contribution in [0.25, 0.3) is 11.0 Å². The van der Waals surface area contributed by atoms with Crippen molar-refractivity contribution in [2.24, 2.45) is 0 Å². The molecule has 0 spiro atoms. The fourth-order valence-electron chi connectivity index (χ4n) is 3.57. The molecule has 1 N–H and O–H groups in total. The minimum absolute atomic E-state index is 0.0259.